The van der Waals surface area contributed by atoms with Crippen molar-refractivity contribution in [3.63, 3.8) is 0 Å². The number of nitriles is 1. The molecule has 2 aromatic rings. The molecule has 130 valence electrons. The highest BCUT2D eigenvalue weighted by molar-refractivity contribution is 7.99. The van der Waals surface area contributed by atoms with Crippen molar-refractivity contribution in [2.24, 2.45) is 0 Å². The monoisotopic (exact) mass is 393 g/mol. The van der Waals surface area contributed by atoms with E-state index in [1.54, 1.807) is 12.1 Å². The van der Waals surface area contributed by atoms with Gasteiger partial charge in [0, 0.05) is 11.4 Å². The third-order valence-electron chi connectivity index (χ3n) is 3.30. The summed E-state index contributed by atoms with van der Waals surface area (Å²) in [5.74, 6) is 0.219. The van der Waals surface area contributed by atoms with E-state index in [0.29, 0.717) is 22.3 Å². The van der Waals surface area contributed by atoms with E-state index in [-0.39, 0.29) is 12.5 Å². The minimum atomic E-state index is -0.118. The Balaban J connectivity index is 1.93. The number of amides is 1. The van der Waals surface area contributed by atoms with Crippen LogP contribution in [0.1, 0.15) is 5.56 Å². The zero-order valence-electron chi connectivity index (χ0n) is 13.6. The van der Waals surface area contributed by atoms with Crippen molar-refractivity contribution in [1.29, 1.82) is 5.26 Å². The lowest BCUT2D eigenvalue weighted by Crippen LogP contribution is -2.30. The first kappa shape index (κ1) is 19.6. The fraction of sp³-hybridized carbons (Fsp3) is 0.222. The predicted molar refractivity (Wildman–Crippen MR) is 104 cm³/mol. The van der Waals surface area contributed by atoms with Crippen molar-refractivity contribution in [3.05, 3.63) is 58.1 Å². The number of halogens is 2. The van der Waals surface area contributed by atoms with E-state index in [9.17, 15) is 4.79 Å². The molecule has 0 saturated carbocycles. The maximum absolute atomic E-state index is 12.3. The Labute approximate surface area is 161 Å². The summed E-state index contributed by atoms with van der Waals surface area (Å²) in [6.07, 6.45) is 0. The lowest BCUT2D eigenvalue weighted by Gasteiger charge is -2.17. The number of anilines is 1. The summed E-state index contributed by atoms with van der Waals surface area (Å²) in [5, 5.41) is 12.6. The number of thioether (sulfide) groups is 1. The number of hydrogen-bond donors (Lipinski definition) is 1. The molecule has 1 amide bonds. The summed E-state index contributed by atoms with van der Waals surface area (Å²) in [7, 11) is 1.86. The number of rotatable bonds is 7. The standard InChI is InChI=1S/C18H17Cl2N3OS/c1-23(11-13-6-7-14(19)15(20)10-13)12-18(24)22-16-4-2-3-5-17(16)25-9-8-21/h2-7,10H,9,11-12H2,1H3,(H,22,24). The minimum absolute atomic E-state index is 0.118. The number of carbonyl (C=O) groups is 1. The zero-order valence-corrected chi connectivity index (χ0v) is 16.0. The van der Waals surface area contributed by atoms with Gasteiger partial charge >= 0.3 is 0 Å². The molecule has 0 radical (unpaired) electrons. The van der Waals surface area contributed by atoms with Gasteiger partial charge in [0.1, 0.15) is 0 Å². The van der Waals surface area contributed by atoms with Crippen LogP contribution < -0.4 is 5.32 Å². The molecule has 2 aromatic carbocycles. The zero-order chi connectivity index (χ0) is 18.2. The molecule has 0 saturated heterocycles. The van der Waals surface area contributed by atoms with Gasteiger partial charge in [-0.2, -0.15) is 5.26 Å². The molecule has 0 atom stereocenters. The fourth-order valence-corrected chi connectivity index (χ4v) is 3.24. The first-order chi connectivity index (χ1) is 12.0. The third kappa shape index (κ3) is 6.26. The smallest absolute Gasteiger partial charge is 0.238 e. The number of likely N-dealkylation sites (N-methyl/N-ethyl adjacent to an activating group) is 1. The van der Waals surface area contributed by atoms with Crippen LogP contribution in [-0.4, -0.2) is 30.2 Å². The van der Waals surface area contributed by atoms with Crippen LogP contribution >= 0.6 is 35.0 Å². The van der Waals surface area contributed by atoms with Gasteiger partial charge in [-0.15, -0.1) is 11.8 Å². The highest BCUT2D eigenvalue weighted by atomic mass is 35.5. The van der Waals surface area contributed by atoms with E-state index in [2.05, 4.69) is 11.4 Å². The van der Waals surface area contributed by atoms with Gasteiger partial charge in [-0.05, 0) is 36.9 Å². The van der Waals surface area contributed by atoms with Gasteiger partial charge in [0.25, 0.3) is 0 Å². The average Bonchev–Trinajstić information content (AvgIpc) is 2.57. The second kappa shape index (κ2) is 9.69. The van der Waals surface area contributed by atoms with Gasteiger partial charge in [0.2, 0.25) is 5.91 Å². The molecule has 0 aliphatic carbocycles. The number of hydrogen-bond acceptors (Lipinski definition) is 4. The van der Waals surface area contributed by atoms with Gasteiger partial charge < -0.3 is 5.32 Å². The summed E-state index contributed by atoms with van der Waals surface area (Å²) in [5.41, 5.74) is 1.70. The van der Waals surface area contributed by atoms with E-state index >= 15 is 0 Å². The van der Waals surface area contributed by atoms with Crippen LogP contribution in [0.3, 0.4) is 0 Å². The molecule has 0 heterocycles. The quantitative estimate of drug-likeness (QED) is 0.693. The molecular formula is C18H17Cl2N3OS. The Kier molecular flexibility index (Phi) is 7.60. The minimum Gasteiger partial charge on any atom is -0.324 e. The molecule has 0 aromatic heterocycles. The fourth-order valence-electron chi connectivity index (χ4n) is 2.25. The maximum Gasteiger partial charge on any atom is 0.238 e. The van der Waals surface area contributed by atoms with Crippen LogP contribution in [-0.2, 0) is 11.3 Å². The number of benzene rings is 2. The summed E-state index contributed by atoms with van der Waals surface area (Å²) in [6, 6.07) is 15.0. The van der Waals surface area contributed by atoms with Crippen LogP contribution in [0.2, 0.25) is 10.0 Å². The lowest BCUT2D eigenvalue weighted by molar-refractivity contribution is -0.117. The molecule has 0 unspecified atom stereocenters. The van der Waals surface area contributed by atoms with Gasteiger partial charge in [-0.1, -0.05) is 41.4 Å². The van der Waals surface area contributed by atoms with Crippen LogP contribution in [0, 0.1) is 11.3 Å². The molecule has 7 heteroatoms. The normalized spacial score (nSPS) is 10.5. The SMILES string of the molecule is CN(CC(=O)Nc1ccccc1SCC#N)Cc1ccc(Cl)c(Cl)c1. The predicted octanol–water partition coefficient (Wildman–Crippen LogP) is 4.68. The summed E-state index contributed by atoms with van der Waals surface area (Å²) in [4.78, 5) is 15.1. The molecule has 0 aliphatic heterocycles. The number of nitrogens with zero attached hydrogens (tertiary/aromatic N) is 2. The van der Waals surface area contributed by atoms with Gasteiger partial charge in [0.05, 0.1) is 34.1 Å². The van der Waals surface area contributed by atoms with Crippen LogP contribution in [0.15, 0.2) is 47.4 Å². The Morgan fingerprint density at radius 2 is 2.00 bits per heavy atom. The van der Waals surface area contributed by atoms with Gasteiger partial charge in [-0.3, -0.25) is 9.69 Å². The highest BCUT2D eigenvalue weighted by Gasteiger charge is 2.11. The van der Waals surface area contributed by atoms with Crippen molar-refractivity contribution in [1.82, 2.24) is 4.90 Å². The van der Waals surface area contributed by atoms with E-state index in [0.717, 1.165) is 16.1 Å². The second-order valence-electron chi connectivity index (χ2n) is 5.41. The number of carbonyl (C=O) groups excluding carboxylic acids is 1. The molecule has 0 aliphatic rings. The van der Waals surface area contributed by atoms with Gasteiger partial charge in [-0.25, -0.2) is 0 Å². The van der Waals surface area contributed by atoms with E-state index in [1.807, 2.05) is 42.3 Å². The second-order valence-corrected chi connectivity index (χ2v) is 7.24. The number of nitrogens with one attached hydrogen (secondary N) is 1. The van der Waals surface area contributed by atoms with Crippen molar-refractivity contribution in [2.45, 2.75) is 11.4 Å². The average molecular weight is 394 g/mol. The van der Waals surface area contributed by atoms with Crippen LogP contribution in [0.5, 0.6) is 0 Å². The molecule has 4 nitrogen and oxygen atoms in total. The first-order valence-electron chi connectivity index (χ1n) is 7.50. The van der Waals surface area contributed by atoms with E-state index in [1.165, 1.54) is 11.8 Å². The Morgan fingerprint density at radius 3 is 2.72 bits per heavy atom. The summed E-state index contributed by atoms with van der Waals surface area (Å²) >= 11 is 13.3. The van der Waals surface area contributed by atoms with Crippen molar-refractivity contribution < 1.29 is 4.79 Å². The largest absolute Gasteiger partial charge is 0.324 e. The summed E-state index contributed by atoms with van der Waals surface area (Å²) < 4.78 is 0. The Bertz CT molecular complexity index is 792. The molecule has 0 bridgehead atoms. The molecule has 2 rings (SSSR count). The molecular weight excluding hydrogens is 377 g/mol. The highest BCUT2D eigenvalue weighted by Crippen LogP contribution is 2.26. The topological polar surface area (TPSA) is 56.1 Å². The van der Waals surface area contributed by atoms with Crippen molar-refractivity contribution in [3.8, 4) is 6.07 Å². The van der Waals surface area contributed by atoms with Crippen molar-refractivity contribution >= 4 is 46.6 Å². The Morgan fingerprint density at radius 1 is 1.24 bits per heavy atom. The van der Waals surface area contributed by atoms with Gasteiger partial charge in [0.15, 0.2) is 0 Å². The number of para-hydroxylation sites is 1. The van der Waals surface area contributed by atoms with E-state index < -0.39 is 0 Å². The first-order valence-corrected chi connectivity index (χ1v) is 9.25. The third-order valence-corrected chi connectivity index (χ3v) is 4.98. The molecule has 25 heavy (non-hydrogen) atoms. The van der Waals surface area contributed by atoms with Crippen LogP contribution in [0.25, 0.3) is 0 Å². The maximum atomic E-state index is 12.3. The molecule has 0 fully saturated rings. The molecule has 0 spiro atoms. The Hall–Kier alpha value is -1.71. The van der Waals surface area contributed by atoms with Crippen molar-refractivity contribution in [2.75, 3.05) is 24.7 Å². The van der Waals surface area contributed by atoms with E-state index in [4.69, 9.17) is 28.5 Å². The van der Waals surface area contributed by atoms with Crippen LogP contribution in [0.4, 0.5) is 5.69 Å². The summed E-state index contributed by atoms with van der Waals surface area (Å²) in [6.45, 7) is 0.812. The lowest BCUT2D eigenvalue weighted by atomic mass is 10.2. The molecule has 1 N–H and O–H groups in total.